The van der Waals surface area contributed by atoms with Crippen LogP contribution in [0.1, 0.15) is 31.7 Å². The number of hydrogen-bond donors (Lipinski definition) is 2. The van der Waals surface area contributed by atoms with Crippen molar-refractivity contribution >= 4 is 29.9 Å². The fraction of sp³-hybridized carbons (Fsp3) is 0.667. The molecule has 1 heterocycles. The number of rotatable bonds is 8. The van der Waals surface area contributed by atoms with Gasteiger partial charge in [-0.15, -0.1) is 24.0 Å². The van der Waals surface area contributed by atoms with Crippen molar-refractivity contribution in [3.05, 3.63) is 35.9 Å². The van der Waals surface area contributed by atoms with Crippen LogP contribution in [0.4, 0.5) is 0 Å². The van der Waals surface area contributed by atoms with Crippen LogP contribution in [0.15, 0.2) is 35.3 Å². The Morgan fingerprint density at radius 1 is 1.22 bits per heavy atom. The Kier molecular flexibility index (Phi) is 11.9. The summed E-state index contributed by atoms with van der Waals surface area (Å²) in [6, 6.07) is 11.2. The topological polar surface area (TPSA) is 42.9 Å². The molecule has 5 nitrogen and oxygen atoms in total. The van der Waals surface area contributed by atoms with Crippen molar-refractivity contribution in [1.82, 2.24) is 20.4 Å². The van der Waals surface area contributed by atoms with Crippen LogP contribution in [0, 0.1) is 5.92 Å². The summed E-state index contributed by atoms with van der Waals surface area (Å²) in [6.07, 6.45) is 3.65. The van der Waals surface area contributed by atoms with Crippen LogP contribution in [-0.4, -0.2) is 69.1 Å². The zero-order valence-electron chi connectivity index (χ0n) is 17.4. The van der Waals surface area contributed by atoms with Crippen LogP contribution in [0.2, 0.25) is 0 Å². The van der Waals surface area contributed by atoms with Crippen LogP contribution in [0.5, 0.6) is 0 Å². The fourth-order valence-corrected chi connectivity index (χ4v) is 3.37. The van der Waals surface area contributed by atoms with Crippen molar-refractivity contribution in [3.8, 4) is 0 Å². The Hall–Kier alpha value is -0.860. The second-order valence-corrected chi connectivity index (χ2v) is 7.66. The summed E-state index contributed by atoms with van der Waals surface area (Å²) >= 11 is 0. The van der Waals surface area contributed by atoms with Gasteiger partial charge in [-0.3, -0.25) is 9.89 Å². The second-order valence-electron chi connectivity index (χ2n) is 7.66. The number of aliphatic imine (C=N–C) groups is 1. The minimum atomic E-state index is 0. The predicted molar refractivity (Wildman–Crippen MR) is 127 cm³/mol. The van der Waals surface area contributed by atoms with Crippen molar-refractivity contribution in [2.75, 3.05) is 47.3 Å². The van der Waals surface area contributed by atoms with E-state index in [-0.39, 0.29) is 24.0 Å². The molecule has 1 atom stereocenters. The van der Waals surface area contributed by atoms with Crippen LogP contribution in [0.25, 0.3) is 0 Å². The molecule has 1 aromatic rings. The zero-order chi connectivity index (χ0) is 18.8. The van der Waals surface area contributed by atoms with Gasteiger partial charge in [0.2, 0.25) is 0 Å². The highest BCUT2D eigenvalue weighted by atomic mass is 127. The molecule has 2 N–H and O–H groups in total. The number of halogens is 1. The average Bonchev–Trinajstić information content (AvgIpc) is 2.66. The highest BCUT2D eigenvalue weighted by Crippen LogP contribution is 2.14. The Morgan fingerprint density at radius 2 is 1.89 bits per heavy atom. The van der Waals surface area contributed by atoms with E-state index >= 15 is 0 Å². The van der Waals surface area contributed by atoms with Gasteiger partial charge >= 0.3 is 0 Å². The molecule has 6 heteroatoms. The minimum Gasteiger partial charge on any atom is -0.356 e. The lowest BCUT2D eigenvalue weighted by Crippen LogP contribution is -2.43. The first-order valence-corrected chi connectivity index (χ1v) is 9.95. The lowest BCUT2D eigenvalue weighted by molar-refractivity contribution is 0.220. The van der Waals surface area contributed by atoms with E-state index in [0.717, 1.165) is 37.9 Å². The van der Waals surface area contributed by atoms with Gasteiger partial charge in [0.1, 0.15) is 0 Å². The van der Waals surface area contributed by atoms with Gasteiger partial charge in [-0.1, -0.05) is 30.3 Å². The van der Waals surface area contributed by atoms with E-state index in [9.17, 15) is 0 Å². The summed E-state index contributed by atoms with van der Waals surface area (Å²) in [5.41, 5.74) is 1.37. The van der Waals surface area contributed by atoms with Gasteiger partial charge < -0.3 is 15.5 Å². The van der Waals surface area contributed by atoms with Gasteiger partial charge in [0.05, 0.1) is 0 Å². The molecule has 0 bridgehead atoms. The number of nitrogens with zero attached hydrogens (tertiary/aromatic N) is 3. The SMILES string of the molecule is CN=C(NCCC(C)N(C)Cc1ccccc1)NCC1CCN(C)CC1.I. The molecular formula is C21H38IN5. The van der Waals surface area contributed by atoms with E-state index in [1.807, 2.05) is 7.05 Å². The molecule has 1 fully saturated rings. The maximum atomic E-state index is 4.37. The molecule has 0 amide bonds. The third kappa shape index (κ3) is 9.25. The second kappa shape index (κ2) is 13.3. The molecule has 154 valence electrons. The van der Waals surface area contributed by atoms with Crippen LogP contribution in [0.3, 0.4) is 0 Å². The molecule has 0 radical (unpaired) electrons. The Labute approximate surface area is 183 Å². The first-order valence-electron chi connectivity index (χ1n) is 9.95. The third-order valence-corrected chi connectivity index (χ3v) is 5.50. The monoisotopic (exact) mass is 487 g/mol. The predicted octanol–water partition coefficient (Wildman–Crippen LogP) is 3.02. The summed E-state index contributed by atoms with van der Waals surface area (Å²) in [7, 11) is 6.26. The van der Waals surface area contributed by atoms with Crippen LogP contribution < -0.4 is 10.6 Å². The molecule has 2 rings (SSSR count). The number of nitrogens with one attached hydrogen (secondary N) is 2. The van der Waals surface area contributed by atoms with Crippen LogP contribution >= 0.6 is 24.0 Å². The maximum Gasteiger partial charge on any atom is 0.190 e. The lowest BCUT2D eigenvalue weighted by atomic mass is 9.97. The van der Waals surface area contributed by atoms with Gasteiger partial charge in [-0.25, -0.2) is 0 Å². The number of guanidine groups is 1. The number of likely N-dealkylation sites (tertiary alicyclic amines) is 1. The van der Waals surface area contributed by atoms with Crippen molar-refractivity contribution in [1.29, 1.82) is 0 Å². The molecule has 1 saturated heterocycles. The molecule has 0 saturated carbocycles. The third-order valence-electron chi connectivity index (χ3n) is 5.50. The van der Waals surface area contributed by atoms with Crippen molar-refractivity contribution in [2.24, 2.45) is 10.9 Å². The zero-order valence-corrected chi connectivity index (χ0v) is 19.8. The van der Waals surface area contributed by atoms with Crippen molar-refractivity contribution in [2.45, 2.75) is 38.8 Å². The Bertz CT molecular complexity index is 529. The number of hydrogen-bond acceptors (Lipinski definition) is 3. The van der Waals surface area contributed by atoms with Gasteiger partial charge in [-0.05, 0) is 64.9 Å². The fourth-order valence-electron chi connectivity index (χ4n) is 3.37. The van der Waals surface area contributed by atoms with E-state index < -0.39 is 0 Å². The van der Waals surface area contributed by atoms with E-state index in [1.165, 1.54) is 31.5 Å². The van der Waals surface area contributed by atoms with Gasteiger partial charge in [0.15, 0.2) is 5.96 Å². The molecule has 1 aromatic carbocycles. The first-order chi connectivity index (χ1) is 12.6. The largest absolute Gasteiger partial charge is 0.356 e. The molecule has 27 heavy (non-hydrogen) atoms. The summed E-state index contributed by atoms with van der Waals surface area (Å²) in [5.74, 6) is 1.70. The minimum absolute atomic E-state index is 0. The normalized spacial score (nSPS) is 17.4. The Morgan fingerprint density at radius 3 is 2.52 bits per heavy atom. The lowest BCUT2D eigenvalue weighted by Gasteiger charge is -2.29. The Balaban J connectivity index is 0.00000364. The summed E-state index contributed by atoms with van der Waals surface area (Å²) in [5, 5.41) is 6.97. The van der Waals surface area contributed by atoms with E-state index in [4.69, 9.17) is 0 Å². The highest BCUT2D eigenvalue weighted by Gasteiger charge is 2.16. The molecule has 1 unspecified atom stereocenters. The molecule has 0 spiro atoms. The quantitative estimate of drug-likeness (QED) is 0.336. The summed E-state index contributed by atoms with van der Waals surface area (Å²) in [4.78, 5) is 9.19. The number of benzene rings is 1. The number of piperidine rings is 1. The highest BCUT2D eigenvalue weighted by molar-refractivity contribution is 14.0. The summed E-state index contributed by atoms with van der Waals surface area (Å²) in [6.45, 7) is 7.67. The van der Waals surface area contributed by atoms with Gasteiger partial charge in [0.25, 0.3) is 0 Å². The van der Waals surface area contributed by atoms with Gasteiger partial charge in [-0.2, -0.15) is 0 Å². The molecule has 1 aliphatic heterocycles. The maximum absolute atomic E-state index is 4.37. The smallest absolute Gasteiger partial charge is 0.190 e. The van der Waals surface area contributed by atoms with Crippen molar-refractivity contribution < 1.29 is 0 Å². The van der Waals surface area contributed by atoms with Crippen molar-refractivity contribution in [3.63, 3.8) is 0 Å². The molecular weight excluding hydrogens is 449 g/mol. The standard InChI is InChI=1S/C21H37N5.HI/c1-18(26(4)17-20-8-6-5-7-9-20)10-13-23-21(22-2)24-16-19-11-14-25(3)15-12-19;/h5-9,18-19H,10-17H2,1-4H3,(H2,22,23,24);1H. The van der Waals surface area contributed by atoms with E-state index in [2.05, 4.69) is 76.8 Å². The van der Waals surface area contributed by atoms with Crippen LogP contribution in [-0.2, 0) is 6.54 Å². The molecule has 1 aliphatic rings. The van der Waals surface area contributed by atoms with E-state index in [1.54, 1.807) is 0 Å². The average molecular weight is 487 g/mol. The molecule has 0 aliphatic carbocycles. The molecule has 0 aromatic heterocycles. The summed E-state index contributed by atoms with van der Waals surface area (Å²) < 4.78 is 0. The van der Waals surface area contributed by atoms with E-state index in [0.29, 0.717) is 6.04 Å². The van der Waals surface area contributed by atoms with Gasteiger partial charge in [0, 0.05) is 32.7 Å². The first kappa shape index (κ1) is 24.2.